The molecule has 1 heterocycles. The second-order valence-corrected chi connectivity index (χ2v) is 2.00. The number of nitrogens with zero attached hydrogens (tertiary/aromatic N) is 2. The number of aromatic nitrogens is 2. The van der Waals surface area contributed by atoms with Gasteiger partial charge in [-0.05, 0) is 0 Å². The van der Waals surface area contributed by atoms with Crippen molar-refractivity contribution in [3.63, 3.8) is 0 Å². The van der Waals surface area contributed by atoms with E-state index in [0.717, 1.165) is 5.01 Å². The molecule has 0 fully saturated rings. The molecular formula is C3H2N2S2. The van der Waals surface area contributed by atoms with Crippen LogP contribution in [-0.4, -0.2) is 15.6 Å². The molecule has 0 saturated carbocycles. The Morgan fingerprint density at radius 3 is 3.00 bits per heavy atom. The maximum atomic E-state index is 4.56. The largest absolute Gasteiger partial charge is 0.151 e. The van der Waals surface area contributed by atoms with Crippen molar-refractivity contribution in [1.29, 1.82) is 0 Å². The molecule has 1 aromatic rings. The van der Waals surface area contributed by atoms with E-state index >= 15 is 0 Å². The van der Waals surface area contributed by atoms with Crippen molar-refractivity contribution in [3.05, 3.63) is 10.5 Å². The standard InChI is InChI=1S/C3H2N2S2/c6-1-3-5-4-2-7-3/h1-2H. The third kappa shape index (κ3) is 1.01. The Morgan fingerprint density at radius 1 is 1.86 bits per heavy atom. The molecule has 0 spiro atoms. The van der Waals surface area contributed by atoms with E-state index in [4.69, 9.17) is 0 Å². The second-order valence-electron chi connectivity index (χ2n) is 0.895. The molecule has 36 valence electrons. The SMILES string of the molecule is S=Cc1nncs1. The molecule has 0 aliphatic rings. The molecule has 0 aliphatic carbocycles. The maximum Gasteiger partial charge on any atom is 0.151 e. The monoisotopic (exact) mass is 130 g/mol. The molecule has 0 saturated heterocycles. The van der Waals surface area contributed by atoms with Gasteiger partial charge in [0.25, 0.3) is 0 Å². The first-order chi connectivity index (χ1) is 3.43. The zero-order chi connectivity index (χ0) is 5.11. The van der Waals surface area contributed by atoms with Gasteiger partial charge in [0.15, 0.2) is 5.01 Å². The van der Waals surface area contributed by atoms with Crippen LogP contribution in [0.1, 0.15) is 5.01 Å². The predicted molar refractivity (Wildman–Crippen MR) is 32.7 cm³/mol. The highest BCUT2D eigenvalue weighted by Gasteiger charge is 1.83. The topological polar surface area (TPSA) is 25.8 Å². The summed E-state index contributed by atoms with van der Waals surface area (Å²) < 4.78 is 0. The summed E-state index contributed by atoms with van der Waals surface area (Å²) >= 11 is 6.00. The summed E-state index contributed by atoms with van der Waals surface area (Å²) in [5.41, 5.74) is 1.65. The molecule has 1 aromatic heterocycles. The van der Waals surface area contributed by atoms with Crippen molar-refractivity contribution in [2.45, 2.75) is 0 Å². The Hall–Kier alpha value is -0.350. The van der Waals surface area contributed by atoms with Gasteiger partial charge in [0.2, 0.25) is 0 Å². The summed E-state index contributed by atoms with van der Waals surface area (Å²) in [6.07, 6.45) is 0. The van der Waals surface area contributed by atoms with Gasteiger partial charge in [-0.15, -0.1) is 10.2 Å². The summed E-state index contributed by atoms with van der Waals surface area (Å²) in [4.78, 5) is 0. The van der Waals surface area contributed by atoms with Crippen molar-refractivity contribution < 1.29 is 0 Å². The molecule has 0 atom stereocenters. The highest BCUT2D eigenvalue weighted by Crippen LogP contribution is 1.95. The van der Waals surface area contributed by atoms with Crippen molar-refractivity contribution in [2.24, 2.45) is 0 Å². The first kappa shape index (κ1) is 4.80. The average molecular weight is 130 g/mol. The van der Waals surface area contributed by atoms with Crippen molar-refractivity contribution in [3.8, 4) is 0 Å². The van der Waals surface area contributed by atoms with E-state index in [1.54, 1.807) is 5.51 Å². The minimum Gasteiger partial charge on any atom is -0.147 e. The van der Waals surface area contributed by atoms with Crippen LogP contribution >= 0.6 is 23.6 Å². The lowest BCUT2D eigenvalue weighted by molar-refractivity contribution is 1.08. The summed E-state index contributed by atoms with van der Waals surface area (Å²) in [7, 11) is 0. The molecular weight excluding hydrogens is 128 g/mol. The first-order valence-electron chi connectivity index (χ1n) is 1.65. The van der Waals surface area contributed by atoms with Gasteiger partial charge in [-0.2, -0.15) is 0 Å². The van der Waals surface area contributed by atoms with Crippen molar-refractivity contribution >= 4 is 28.9 Å². The fraction of sp³-hybridized carbons (Fsp3) is 0. The van der Waals surface area contributed by atoms with Crippen LogP contribution in [0.4, 0.5) is 0 Å². The minimum absolute atomic E-state index is 0.801. The first-order valence-corrected chi connectivity index (χ1v) is 3.00. The van der Waals surface area contributed by atoms with E-state index in [1.807, 2.05) is 0 Å². The summed E-state index contributed by atoms with van der Waals surface area (Å²) in [6, 6.07) is 0. The van der Waals surface area contributed by atoms with Crippen LogP contribution in [0.3, 0.4) is 0 Å². The second kappa shape index (κ2) is 2.09. The Balaban J connectivity index is 2.96. The van der Waals surface area contributed by atoms with Gasteiger partial charge < -0.3 is 0 Å². The normalized spacial score (nSPS) is 8.57. The van der Waals surface area contributed by atoms with Crippen LogP contribution in [0.15, 0.2) is 5.51 Å². The third-order valence-electron chi connectivity index (χ3n) is 0.478. The fourth-order valence-electron chi connectivity index (χ4n) is 0.233. The van der Waals surface area contributed by atoms with E-state index in [-0.39, 0.29) is 0 Å². The van der Waals surface area contributed by atoms with E-state index < -0.39 is 0 Å². The zero-order valence-corrected chi connectivity index (χ0v) is 5.00. The van der Waals surface area contributed by atoms with E-state index in [1.165, 1.54) is 16.7 Å². The van der Waals surface area contributed by atoms with Crippen LogP contribution in [0.2, 0.25) is 0 Å². The fourth-order valence-corrected chi connectivity index (χ4v) is 0.799. The van der Waals surface area contributed by atoms with Gasteiger partial charge in [0.1, 0.15) is 5.51 Å². The van der Waals surface area contributed by atoms with Crippen molar-refractivity contribution in [2.75, 3.05) is 0 Å². The summed E-state index contributed by atoms with van der Waals surface area (Å²) in [6.45, 7) is 0. The van der Waals surface area contributed by atoms with Gasteiger partial charge in [-0.25, -0.2) is 0 Å². The van der Waals surface area contributed by atoms with Crippen molar-refractivity contribution in [1.82, 2.24) is 10.2 Å². The van der Waals surface area contributed by atoms with Crippen LogP contribution in [0.25, 0.3) is 0 Å². The molecule has 0 aromatic carbocycles. The molecule has 0 amide bonds. The number of hydrogen-bond acceptors (Lipinski definition) is 4. The smallest absolute Gasteiger partial charge is 0.147 e. The third-order valence-corrected chi connectivity index (χ3v) is 1.49. The summed E-state index contributed by atoms with van der Waals surface area (Å²) in [5.74, 6) is 0. The number of thiocarbonyl (C=S) groups is 1. The van der Waals surface area contributed by atoms with Crippen LogP contribution in [-0.2, 0) is 0 Å². The highest BCUT2D eigenvalue weighted by molar-refractivity contribution is 7.79. The van der Waals surface area contributed by atoms with E-state index in [9.17, 15) is 0 Å². The molecule has 0 bridgehead atoms. The lowest BCUT2D eigenvalue weighted by Crippen LogP contribution is -1.72. The highest BCUT2D eigenvalue weighted by atomic mass is 32.1. The molecule has 0 unspecified atom stereocenters. The maximum absolute atomic E-state index is 4.56. The van der Waals surface area contributed by atoms with Gasteiger partial charge in [-0.3, -0.25) is 0 Å². The predicted octanol–water partition coefficient (Wildman–Crippen LogP) is 0.886. The molecule has 0 aliphatic heterocycles. The molecule has 1 rings (SSSR count). The Bertz CT molecular complexity index is 146. The molecule has 0 radical (unpaired) electrons. The Kier molecular flexibility index (Phi) is 1.43. The molecule has 4 heteroatoms. The van der Waals surface area contributed by atoms with Crippen LogP contribution < -0.4 is 0 Å². The van der Waals surface area contributed by atoms with Gasteiger partial charge >= 0.3 is 0 Å². The minimum atomic E-state index is 0.801. The number of rotatable bonds is 1. The summed E-state index contributed by atoms with van der Waals surface area (Å²) in [5, 5.41) is 9.52. The Morgan fingerprint density at radius 2 is 2.71 bits per heavy atom. The van der Waals surface area contributed by atoms with Gasteiger partial charge in [-0.1, -0.05) is 23.6 Å². The van der Waals surface area contributed by atoms with Gasteiger partial charge in [0, 0.05) is 5.37 Å². The van der Waals surface area contributed by atoms with Crippen LogP contribution in [0, 0.1) is 0 Å². The quantitative estimate of drug-likeness (QED) is 0.528. The lowest BCUT2D eigenvalue weighted by atomic mass is 10.9. The average Bonchev–Trinajstić information content (AvgIpc) is 2.14. The lowest BCUT2D eigenvalue weighted by Gasteiger charge is -1.65. The molecule has 7 heavy (non-hydrogen) atoms. The zero-order valence-electron chi connectivity index (χ0n) is 3.37. The molecule has 2 nitrogen and oxygen atoms in total. The number of hydrogen-bond donors (Lipinski definition) is 0. The molecule has 0 N–H and O–H groups in total. The van der Waals surface area contributed by atoms with E-state index in [0.29, 0.717) is 0 Å². The van der Waals surface area contributed by atoms with E-state index in [2.05, 4.69) is 22.4 Å². The Labute approximate surface area is 50.2 Å². The van der Waals surface area contributed by atoms with Gasteiger partial charge in [0.05, 0.1) is 0 Å². The van der Waals surface area contributed by atoms with Crippen LogP contribution in [0.5, 0.6) is 0 Å².